The molecule has 2 fully saturated rings. The minimum absolute atomic E-state index is 0.0580. The van der Waals surface area contributed by atoms with Gasteiger partial charge in [-0.25, -0.2) is 4.79 Å². The number of hydrogen-bond donors (Lipinski definition) is 2. The zero-order chi connectivity index (χ0) is 19.6. The molecule has 1 spiro atoms. The summed E-state index contributed by atoms with van der Waals surface area (Å²) >= 11 is 0. The fourth-order valence-corrected chi connectivity index (χ4v) is 4.56. The molecule has 2 saturated heterocycles. The van der Waals surface area contributed by atoms with Crippen LogP contribution in [0.15, 0.2) is 40.1 Å². The van der Waals surface area contributed by atoms with Crippen LogP contribution in [0.2, 0.25) is 0 Å². The van der Waals surface area contributed by atoms with Crippen molar-refractivity contribution in [1.29, 1.82) is 0 Å². The smallest absolute Gasteiger partial charge is 0.325 e. The van der Waals surface area contributed by atoms with E-state index in [2.05, 4.69) is 19.9 Å². The quantitative estimate of drug-likeness (QED) is 0.815. The average Bonchev–Trinajstić information content (AvgIpc) is 2.65. The van der Waals surface area contributed by atoms with Crippen LogP contribution in [-0.4, -0.2) is 50.3 Å². The Morgan fingerprint density at radius 2 is 1.96 bits per heavy atom. The minimum atomic E-state index is -0.473. The molecule has 0 saturated carbocycles. The minimum Gasteiger partial charge on any atom is -0.336 e. The molecule has 8 heteroatoms. The van der Waals surface area contributed by atoms with Crippen molar-refractivity contribution in [1.82, 2.24) is 24.8 Å². The third-order valence-electron chi connectivity index (χ3n) is 5.78. The Labute approximate surface area is 162 Å². The van der Waals surface area contributed by atoms with Gasteiger partial charge >= 0.3 is 5.69 Å². The molecule has 4 rings (SSSR count). The van der Waals surface area contributed by atoms with Crippen molar-refractivity contribution in [2.24, 2.45) is 5.41 Å². The van der Waals surface area contributed by atoms with Crippen molar-refractivity contribution in [2.45, 2.75) is 38.8 Å². The highest BCUT2D eigenvalue weighted by atomic mass is 16.2. The molecule has 2 aromatic rings. The zero-order valence-corrected chi connectivity index (χ0v) is 15.8. The summed E-state index contributed by atoms with van der Waals surface area (Å²) in [4.78, 5) is 49.0. The lowest BCUT2D eigenvalue weighted by Crippen LogP contribution is -2.53. The van der Waals surface area contributed by atoms with Crippen molar-refractivity contribution in [2.75, 3.05) is 19.6 Å². The van der Waals surface area contributed by atoms with E-state index < -0.39 is 5.69 Å². The standard InChI is InChI=1S/C20H25N5O3/c26-17-10-16(22-19(28)23-17)11-24-9-3-6-20(13-24)7-5-18(27)25(14-20)12-15-4-1-2-8-21-15/h1-2,4,8,10H,3,5-7,9,11-14H2,(H2,22,23,26,28)/t20-/m0/s1. The monoisotopic (exact) mass is 383 g/mol. The molecule has 0 aliphatic carbocycles. The van der Waals surface area contributed by atoms with Crippen molar-refractivity contribution < 1.29 is 4.79 Å². The number of amides is 1. The second-order valence-corrected chi connectivity index (χ2v) is 8.00. The van der Waals surface area contributed by atoms with Crippen LogP contribution in [0.3, 0.4) is 0 Å². The summed E-state index contributed by atoms with van der Waals surface area (Å²) in [6.45, 7) is 3.58. The number of pyridine rings is 1. The van der Waals surface area contributed by atoms with Gasteiger partial charge in [0.1, 0.15) is 0 Å². The molecule has 8 nitrogen and oxygen atoms in total. The number of hydrogen-bond acceptors (Lipinski definition) is 5. The number of piperidine rings is 2. The first-order valence-corrected chi connectivity index (χ1v) is 9.74. The van der Waals surface area contributed by atoms with Gasteiger partial charge in [0.05, 0.1) is 12.2 Å². The van der Waals surface area contributed by atoms with Crippen molar-refractivity contribution in [3.05, 3.63) is 62.7 Å². The van der Waals surface area contributed by atoms with Crippen LogP contribution in [0, 0.1) is 5.41 Å². The number of likely N-dealkylation sites (tertiary alicyclic amines) is 2. The van der Waals surface area contributed by atoms with E-state index in [1.54, 1.807) is 6.20 Å². The molecule has 0 aromatic carbocycles. The first kappa shape index (κ1) is 18.6. The fourth-order valence-electron chi connectivity index (χ4n) is 4.56. The molecule has 0 radical (unpaired) electrons. The summed E-state index contributed by atoms with van der Waals surface area (Å²) in [6.07, 6.45) is 5.32. The number of nitrogens with zero attached hydrogens (tertiary/aromatic N) is 3. The lowest BCUT2D eigenvalue weighted by Gasteiger charge is -2.48. The Bertz CT molecular complexity index is 926. The molecule has 2 aromatic heterocycles. The third-order valence-corrected chi connectivity index (χ3v) is 5.78. The Morgan fingerprint density at radius 3 is 2.75 bits per heavy atom. The van der Waals surface area contributed by atoms with E-state index >= 15 is 0 Å². The number of H-pyrrole nitrogens is 2. The Kier molecular flexibility index (Phi) is 5.13. The van der Waals surface area contributed by atoms with E-state index in [-0.39, 0.29) is 16.9 Å². The molecule has 2 N–H and O–H groups in total. The van der Waals surface area contributed by atoms with E-state index in [1.165, 1.54) is 6.07 Å². The summed E-state index contributed by atoms with van der Waals surface area (Å²) < 4.78 is 0. The maximum Gasteiger partial charge on any atom is 0.325 e. The Morgan fingerprint density at radius 1 is 1.07 bits per heavy atom. The molecular weight excluding hydrogens is 358 g/mol. The first-order valence-electron chi connectivity index (χ1n) is 9.74. The second-order valence-electron chi connectivity index (χ2n) is 8.00. The number of carbonyl (C=O) groups is 1. The summed E-state index contributed by atoms with van der Waals surface area (Å²) in [6, 6.07) is 7.21. The van der Waals surface area contributed by atoms with Gasteiger partial charge in [-0.05, 0) is 37.9 Å². The van der Waals surface area contributed by atoms with Crippen LogP contribution in [0.1, 0.15) is 37.1 Å². The summed E-state index contributed by atoms with van der Waals surface area (Å²) in [5.74, 6) is 0.187. The first-order chi connectivity index (χ1) is 13.5. The number of aromatic amines is 2. The average molecular weight is 383 g/mol. The molecule has 2 aliphatic heterocycles. The van der Waals surface area contributed by atoms with Crippen LogP contribution < -0.4 is 11.2 Å². The largest absolute Gasteiger partial charge is 0.336 e. The molecule has 1 amide bonds. The fraction of sp³-hybridized carbons (Fsp3) is 0.500. The molecule has 2 aliphatic rings. The van der Waals surface area contributed by atoms with Gasteiger partial charge in [-0.2, -0.15) is 0 Å². The molecule has 28 heavy (non-hydrogen) atoms. The van der Waals surface area contributed by atoms with Gasteiger partial charge in [0, 0.05) is 49.4 Å². The normalized spacial score (nSPS) is 23.3. The van der Waals surface area contributed by atoms with Crippen LogP contribution in [0.25, 0.3) is 0 Å². The highest BCUT2D eigenvalue weighted by Gasteiger charge is 2.41. The predicted molar refractivity (Wildman–Crippen MR) is 104 cm³/mol. The lowest BCUT2D eigenvalue weighted by molar-refractivity contribution is -0.140. The van der Waals surface area contributed by atoms with Gasteiger partial charge in [-0.3, -0.25) is 24.5 Å². The highest BCUT2D eigenvalue weighted by molar-refractivity contribution is 5.77. The van der Waals surface area contributed by atoms with Gasteiger partial charge in [0.25, 0.3) is 5.56 Å². The Balaban J connectivity index is 1.46. The van der Waals surface area contributed by atoms with Gasteiger partial charge in [0.15, 0.2) is 0 Å². The molecule has 1 atom stereocenters. The molecular formula is C20H25N5O3. The summed E-state index contributed by atoms with van der Waals surface area (Å²) in [7, 11) is 0. The number of aromatic nitrogens is 3. The number of carbonyl (C=O) groups excluding carboxylic acids is 1. The summed E-state index contributed by atoms with van der Waals surface area (Å²) in [5.41, 5.74) is 0.738. The second kappa shape index (κ2) is 7.71. The van der Waals surface area contributed by atoms with Crippen LogP contribution >= 0.6 is 0 Å². The highest BCUT2D eigenvalue weighted by Crippen LogP contribution is 2.39. The van der Waals surface area contributed by atoms with Gasteiger partial charge in [-0.15, -0.1) is 0 Å². The third kappa shape index (κ3) is 4.22. The van der Waals surface area contributed by atoms with E-state index in [1.807, 2.05) is 23.1 Å². The topological polar surface area (TPSA) is 102 Å². The van der Waals surface area contributed by atoms with Crippen LogP contribution in [0.5, 0.6) is 0 Å². The zero-order valence-electron chi connectivity index (χ0n) is 15.8. The number of nitrogens with one attached hydrogen (secondary N) is 2. The molecule has 148 valence electrons. The molecule has 4 heterocycles. The van der Waals surface area contributed by atoms with Crippen molar-refractivity contribution in [3.8, 4) is 0 Å². The summed E-state index contributed by atoms with van der Waals surface area (Å²) in [5, 5.41) is 0. The molecule has 0 bridgehead atoms. The number of rotatable bonds is 4. The van der Waals surface area contributed by atoms with E-state index in [9.17, 15) is 14.4 Å². The van der Waals surface area contributed by atoms with Gasteiger partial charge < -0.3 is 9.88 Å². The van der Waals surface area contributed by atoms with Crippen molar-refractivity contribution >= 4 is 5.91 Å². The van der Waals surface area contributed by atoms with Gasteiger partial charge in [0.2, 0.25) is 5.91 Å². The van der Waals surface area contributed by atoms with E-state index in [0.717, 1.165) is 44.6 Å². The van der Waals surface area contributed by atoms with Crippen LogP contribution in [-0.2, 0) is 17.9 Å². The lowest BCUT2D eigenvalue weighted by atomic mass is 9.73. The van der Waals surface area contributed by atoms with Crippen molar-refractivity contribution in [3.63, 3.8) is 0 Å². The van der Waals surface area contributed by atoms with E-state index in [4.69, 9.17) is 0 Å². The SMILES string of the molecule is O=C1CC[C@]2(CCCN(Cc3cc(=O)[nH]c(=O)[nH]3)C2)CN1Cc1ccccn1. The van der Waals surface area contributed by atoms with E-state index in [0.29, 0.717) is 25.2 Å². The maximum atomic E-state index is 12.5. The van der Waals surface area contributed by atoms with Gasteiger partial charge in [-0.1, -0.05) is 6.07 Å². The molecule has 0 unspecified atom stereocenters. The van der Waals surface area contributed by atoms with Crippen LogP contribution in [0.4, 0.5) is 0 Å². The maximum absolute atomic E-state index is 12.5. The predicted octanol–water partition coefficient (Wildman–Crippen LogP) is 0.863. The Hall–Kier alpha value is -2.74.